The molecule has 1 aromatic carbocycles. The second kappa shape index (κ2) is 7.65. The Labute approximate surface area is 182 Å². The Bertz CT molecular complexity index is 1260. The van der Waals surface area contributed by atoms with Crippen molar-refractivity contribution in [2.24, 2.45) is 0 Å². The molecular formula is C23H23F3N4O2. The Morgan fingerprint density at radius 1 is 1.12 bits per heavy atom. The summed E-state index contributed by atoms with van der Waals surface area (Å²) in [5.41, 5.74) is 1.16. The molecule has 0 N–H and O–H groups in total. The minimum atomic E-state index is -4.47. The fraction of sp³-hybridized carbons (Fsp3) is 0.348. The molecule has 0 saturated heterocycles. The number of benzene rings is 1. The maximum Gasteiger partial charge on any atom is 0.416 e. The van der Waals surface area contributed by atoms with Gasteiger partial charge in [-0.05, 0) is 57.5 Å². The van der Waals surface area contributed by atoms with E-state index in [1.54, 1.807) is 54.6 Å². The number of hydrogen-bond donors (Lipinski definition) is 0. The SMILES string of the molecule is Cc1cc(C(C)N2C(=O)c3ccc(-n4cnc(C)c4)c(=O)n3CC2C)cc(C(F)(F)F)c1. The van der Waals surface area contributed by atoms with Crippen molar-refractivity contribution < 1.29 is 18.0 Å². The summed E-state index contributed by atoms with van der Waals surface area (Å²) in [6.07, 6.45) is -1.21. The minimum absolute atomic E-state index is 0.212. The molecule has 0 fully saturated rings. The van der Waals surface area contributed by atoms with Crippen molar-refractivity contribution in [3.05, 3.63) is 81.3 Å². The van der Waals surface area contributed by atoms with Crippen LogP contribution in [0.5, 0.6) is 0 Å². The molecule has 0 spiro atoms. The molecule has 168 valence electrons. The van der Waals surface area contributed by atoms with Gasteiger partial charge in [0, 0.05) is 18.8 Å². The lowest BCUT2D eigenvalue weighted by Gasteiger charge is -2.40. The molecule has 0 saturated carbocycles. The molecule has 9 heteroatoms. The summed E-state index contributed by atoms with van der Waals surface area (Å²) in [5, 5.41) is 0. The number of carbonyl (C=O) groups excluding carboxylic acids is 1. The van der Waals surface area contributed by atoms with Gasteiger partial charge in [0.1, 0.15) is 11.4 Å². The van der Waals surface area contributed by atoms with E-state index >= 15 is 0 Å². The van der Waals surface area contributed by atoms with Crippen molar-refractivity contribution in [3.63, 3.8) is 0 Å². The predicted molar refractivity (Wildman–Crippen MR) is 113 cm³/mol. The van der Waals surface area contributed by atoms with Crippen LogP contribution in [0, 0.1) is 13.8 Å². The van der Waals surface area contributed by atoms with Crippen molar-refractivity contribution in [1.82, 2.24) is 19.0 Å². The Hall–Kier alpha value is -3.36. The fourth-order valence-corrected chi connectivity index (χ4v) is 4.30. The zero-order chi connectivity index (χ0) is 23.4. The number of aromatic nitrogens is 3. The first kappa shape index (κ1) is 21.9. The summed E-state index contributed by atoms with van der Waals surface area (Å²) in [5.74, 6) is -0.392. The van der Waals surface area contributed by atoms with Crippen molar-refractivity contribution in [2.75, 3.05) is 0 Å². The number of carbonyl (C=O) groups is 1. The lowest BCUT2D eigenvalue weighted by atomic mass is 9.98. The summed E-state index contributed by atoms with van der Waals surface area (Å²) >= 11 is 0. The number of rotatable bonds is 3. The number of fused-ring (bicyclic) bond motifs is 1. The smallest absolute Gasteiger partial charge is 0.326 e. The van der Waals surface area contributed by atoms with Gasteiger partial charge in [0.05, 0.1) is 23.6 Å². The zero-order valence-electron chi connectivity index (χ0n) is 18.1. The molecule has 1 aliphatic rings. The van der Waals surface area contributed by atoms with Crippen LogP contribution in [0.4, 0.5) is 13.2 Å². The normalized spacial score (nSPS) is 17.4. The van der Waals surface area contributed by atoms with Gasteiger partial charge in [-0.1, -0.05) is 11.6 Å². The zero-order valence-corrected chi connectivity index (χ0v) is 18.1. The number of alkyl halides is 3. The average Bonchev–Trinajstić information content (AvgIpc) is 3.13. The van der Waals surface area contributed by atoms with E-state index in [0.29, 0.717) is 16.8 Å². The van der Waals surface area contributed by atoms with Crippen LogP contribution < -0.4 is 5.56 Å². The third-order valence-corrected chi connectivity index (χ3v) is 5.85. The van der Waals surface area contributed by atoms with Gasteiger partial charge in [0.25, 0.3) is 11.5 Å². The summed E-state index contributed by atoms with van der Waals surface area (Å²) in [6.45, 7) is 7.15. The minimum Gasteiger partial charge on any atom is -0.326 e. The summed E-state index contributed by atoms with van der Waals surface area (Å²) < 4.78 is 42.9. The Kier molecular flexibility index (Phi) is 5.22. The fourth-order valence-electron chi connectivity index (χ4n) is 4.30. The molecule has 4 rings (SSSR count). The molecule has 1 amide bonds. The topological polar surface area (TPSA) is 60.1 Å². The van der Waals surface area contributed by atoms with Gasteiger partial charge in [-0.15, -0.1) is 0 Å². The average molecular weight is 444 g/mol. The third kappa shape index (κ3) is 3.72. The van der Waals surface area contributed by atoms with E-state index in [2.05, 4.69) is 4.98 Å². The molecule has 6 nitrogen and oxygen atoms in total. The van der Waals surface area contributed by atoms with Crippen LogP contribution in [-0.2, 0) is 12.7 Å². The van der Waals surface area contributed by atoms with E-state index < -0.39 is 29.7 Å². The van der Waals surface area contributed by atoms with E-state index in [1.165, 1.54) is 10.9 Å². The summed E-state index contributed by atoms with van der Waals surface area (Å²) in [6, 6.07) is 6.00. The molecule has 0 radical (unpaired) electrons. The van der Waals surface area contributed by atoms with Crippen molar-refractivity contribution >= 4 is 5.91 Å². The molecule has 1 aliphatic heterocycles. The molecular weight excluding hydrogens is 421 g/mol. The highest BCUT2D eigenvalue weighted by molar-refractivity contribution is 5.94. The second-order valence-electron chi connectivity index (χ2n) is 8.31. The molecule has 32 heavy (non-hydrogen) atoms. The first-order valence-corrected chi connectivity index (χ1v) is 10.2. The highest BCUT2D eigenvalue weighted by Gasteiger charge is 2.36. The number of hydrogen-bond acceptors (Lipinski definition) is 3. The standard InChI is InChI=1S/C23H23F3N4O2/c1-13-7-17(9-18(8-13)23(24,25)26)16(4)30-15(3)11-29-20(22(30)32)6-5-19(21(29)31)28-10-14(2)27-12-28/h5-10,12,15-16H,11H2,1-4H3. The monoisotopic (exact) mass is 444 g/mol. The largest absolute Gasteiger partial charge is 0.416 e. The molecule has 3 aromatic rings. The highest BCUT2D eigenvalue weighted by Crippen LogP contribution is 2.34. The van der Waals surface area contributed by atoms with Gasteiger partial charge in [-0.2, -0.15) is 13.2 Å². The molecule has 0 aliphatic carbocycles. The number of halogens is 3. The van der Waals surface area contributed by atoms with Gasteiger partial charge in [0.2, 0.25) is 0 Å². The number of amides is 1. The first-order valence-electron chi connectivity index (χ1n) is 10.2. The van der Waals surface area contributed by atoms with Gasteiger partial charge < -0.3 is 14.0 Å². The van der Waals surface area contributed by atoms with Gasteiger partial charge >= 0.3 is 6.18 Å². The Balaban J connectivity index is 1.73. The Morgan fingerprint density at radius 3 is 2.47 bits per heavy atom. The van der Waals surface area contributed by atoms with Gasteiger partial charge in [-0.25, -0.2) is 4.98 Å². The molecule has 2 atom stereocenters. The summed E-state index contributed by atoms with van der Waals surface area (Å²) in [4.78, 5) is 32.1. The summed E-state index contributed by atoms with van der Waals surface area (Å²) in [7, 11) is 0. The van der Waals surface area contributed by atoms with Crippen LogP contribution >= 0.6 is 0 Å². The van der Waals surface area contributed by atoms with E-state index in [4.69, 9.17) is 0 Å². The maximum absolute atomic E-state index is 13.3. The van der Waals surface area contributed by atoms with E-state index in [-0.39, 0.29) is 17.8 Å². The van der Waals surface area contributed by atoms with E-state index in [1.807, 2.05) is 6.92 Å². The van der Waals surface area contributed by atoms with Crippen LogP contribution in [0.3, 0.4) is 0 Å². The second-order valence-corrected chi connectivity index (χ2v) is 8.31. The van der Waals surface area contributed by atoms with Crippen molar-refractivity contribution in [1.29, 1.82) is 0 Å². The number of nitrogens with zero attached hydrogens (tertiary/aromatic N) is 4. The van der Waals surface area contributed by atoms with Crippen molar-refractivity contribution in [2.45, 2.75) is 52.5 Å². The van der Waals surface area contributed by atoms with E-state index in [9.17, 15) is 22.8 Å². The van der Waals surface area contributed by atoms with Crippen LogP contribution in [0.25, 0.3) is 5.69 Å². The van der Waals surface area contributed by atoms with E-state index in [0.717, 1.165) is 17.8 Å². The lowest BCUT2D eigenvalue weighted by Crippen LogP contribution is -2.50. The predicted octanol–water partition coefficient (Wildman–Crippen LogP) is 4.28. The maximum atomic E-state index is 13.3. The van der Waals surface area contributed by atoms with Crippen LogP contribution in [-0.4, -0.2) is 31.0 Å². The quantitative estimate of drug-likeness (QED) is 0.606. The molecule has 2 aromatic heterocycles. The first-order chi connectivity index (χ1) is 15.0. The van der Waals surface area contributed by atoms with Crippen LogP contribution in [0.1, 0.15) is 52.8 Å². The Morgan fingerprint density at radius 2 is 1.84 bits per heavy atom. The highest BCUT2D eigenvalue weighted by atomic mass is 19.4. The van der Waals surface area contributed by atoms with Crippen molar-refractivity contribution in [3.8, 4) is 5.69 Å². The van der Waals surface area contributed by atoms with Crippen LogP contribution in [0.2, 0.25) is 0 Å². The lowest BCUT2D eigenvalue weighted by molar-refractivity contribution is -0.137. The number of imidazole rings is 1. The molecule has 3 heterocycles. The molecule has 0 bridgehead atoms. The van der Waals surface area contributed by atoms with Gasteiger partial charge in [-0.3, -0.25) is 9.59 Å². The number of pyridine rings is 1. The molecule has 2 unspecified atom stereocenters. The van der Waals surface area contributed by atoms with Crippen LogP contribution in [0.15, 0.2) is 47.7 Å². The number of aryl methyl sites for hydroxylation is 2. The van der Waals surface area contributed by atoms with Gasteiger partial charge in [0.15, 0.2) is 0 Å². The third-order valence-electron chi connectivity index (χ3n) is 5.85.